The molecule has 0 radical (unpaired) electrons. The van der Waals surface area contributed by atoms with Crippen LogP contribution in [0.2, 0.25) is 5.02 Å². The molecule has 0 aliphatic rings. The quantitative estimate of drug-likeness (QED) is 0.783. The average molecular weight is 314 g/mol. The highest BCUT2D eigenvalue weighted by Gasteiger charge is 2.21. The largest absolute Gasteiger partial charge is 0.392 e. The highest BCUT2D eigenvalue weighted by atomic mass is 35.5. The van der Waals surface area contributed by atoms with Crippen LogP contribution in [0.1, 0.15) is 5.56 Å². The van der Waals surface area contributed by atoms with Crippen LogP contribution in [0, 0.1) is 5.82 Å². The zero-order valence-electron chi connectivity index (χ0n) is 9.61. The highest BCUT2D eigenvalue weighted by molar-refractivity contribution is 7.98. The first-order chi connectivity index (χ1) is 8.42. The van der Waals surface area contributed by atoms with Crippen LogP contribution in [0.4, 0.5) is 4.39 Å². The maximum atomic E-state index is 13.8. The van der Waals surface area contributed by atoms with Gasteiger partial charge < -0.3 is 5.11 Å². The third-order valence-electron chi connectivity index (χ3n) is 2.14. The number of rotatable bonds is 6. The van der Waals surface area contributed by atoms with E-state index in [1.54, 1.807) is 0 Å². The fourth-order valence-electron chi connectivity index (χ4n) is 1.28. The zero-order valence-corrected chi connectivity index (χ0v) is 12.0. The lowest BCUT2D eigenvalue weighted by atomic mass is 10.2. The molecule has 4 nitrogen and oxygen atoms in total. The van der Waals surface area contributed by atoms with Gasteiger partial charge in [0.25, 0.3) is 0 Å². The Bertz CT molecular complexity index is 522. The van der Waals surface area contributed by atoms with Crippen LogP contribution >= 0.6 is 23.4 Å². The van der Waals surface area contributed by atoms with Crippen LogP contribution in [-0.4, -0.2) is 32.1 Å². The maximum Gasteiger partial charge on any atom is 0.243 e. The van der Waals surface area contributed by atoms with Crippen molar-refractivity contribution in [1.82, 2.24) is 4.72 Å². The summed E-state index contributed by atoms with van der Waals surface area (Å²) in [5, 5.41) is 8.99. The Hall–Kier alpha value is -0.340. The summed E-state index contributed by atoms with van der Waals surface area (Å²) >= 11 is 7.16. The van der Waals surface area contributed by atoms with Gasteiger partial charge in [-0.05, 0) is 18.4 Å². The smallest absolute Gasteiger partial charge is 0.243 e. The molecule has 18 heavy (non-hydrogen) atoms. The SMILES string of the molecule is CSCCNS(=O)(=O)c1cc(Cl)cc(CO)c1F. The molecule has 2 N–H and O–H groups in total. The number of benzene rings is 1. The summed E-state index contributed by atoms with van der Waals surface area (Å²) in [6, 6.07) is 2.22. The average Bonchev–Trinajstić information content (AvgIpc) is 2.31. The third kappa shape index (κ3) is 3.83. The van der Waals surface area contributed by atoms with E-state index < -0.39 is 27.3 Å². The number of hydrogen-bond donors (Lipinski definition) is 2. The van der Waals surface area contributed by atoms with Crippen molar-refractivity contribution in [1.29, 1.82) is 0 Å². The van der Waals surface area contributed by atoms with Gasteiger partial charge in [0.1, 0.15) is 10.7 Å². The number of aliphatic hydroxyl groups is 1. The number of hydrogen-bond acceptors (Lipinski definition) is 4. The predicted molar refractivity (Wildman–Crippen MR) is 70.9 cm³/mol. The van der Waals surface area contributed by atoms with Crippen LogP contribution in [0.5, 0.6) is 0 Å². The molecular formula is C10H13ClFNO3S2. The Morgan fingerprint density at radius 1 is 1.50 bits per heavy atom. The van der Waals surface area contributed by atoms with E-state index in [1.807, 2.05) is 6.26 Å². The minimum absolute atomic E-state index is 0.0608. The summed E-state index contributed by atoms with van der Waals surface area (Å²) < 4.78 is 39.8. The molecule has 0 saturated carbocycles. The summed E-state index contributed by atoms with van der Waals surface area (Å²) in [4.78, 5) is -0.542. The fraction of sp³-hybridized carbons (Fsp3) is 0.400. The first-order valence-electron chi connectivity index (χ1n) is 4.99. The maximum absolute atomic E-state index is 13.8. The van der Waals surface area contributed by atoms with E-state index in [2.05, 4.69) is 4.72 Å². The van der Waals surface area contributed by atoms with Gasteiger partial charge in [-0.2, -0.15) is 11.8 Å². The van der Waals surface area contributed by atoms with Crippen LogP contribution in [-0.2, 0) is 16.6 Å². The molecule has 0 atom stereocenters. The van der Waals surface area contributed by atoms with Gasteiger partial charge in [0.05, 0.1) is 6.61 Å². The number of thioether (sulfide) groups is 1. The van der Waals surface area contributed by atoms with E-state index in [4.69, 9.17) is 16.7 Å². The highest BCUT2D eigenvalue weighted by Crippen LogP contribution is 2.23. The van der Waals surface area contributed by atoms with Crippen LogP contribution in [0.3, 0.4) is 0 Å². The molecule has 0 amide bonds. The molecule has 0 aromatic heterocycles. The number of nitrogens with one attached hydrogen (secondary N) is 1. The topological polar surface area (TPSA) is 66.4 Å². The summed E-state index contributed by atoms with van der Waals surface area (Å²) in [5.41, 5.74) is -0.146. The lowest BCUT2D eigenvalue weighted by Gasteiger charge is -2.10. The van der Waals surface area contributed by atoms with E-state index >= 15 is 0 Å². The number of aliphatic hydroxyl groups excluding tert-OH is 1. The fourth-order valence-corrected chi connectivity index (χ4v) is 3.20. The van der Waals surface area contributed by atoms with Crippen molar-refractivity contribution in [3.05, 3.63) is 28.5 Å². The molecule has 0 aliphatic heterocycles. The molecular weight excluding hydrogens is 301 g/mol. The molecule has 8 heteroatoms. The van der Waals surface area contributed by atoms with Gasteiger partial charge in [-0.15, -0.1) is 0 Å². The molecule has 0 heterocycles. The summed E-state index contributed by atoms with van der Waals surface area (Å²) in [6.45, 7) is -0.413. The van der Waals surface area contributed by atoms with E-state index in [0.717, 1.165) is 6.07 Å². The predicted octanol–water partition coefficient (Wildman–Crippen LogP) is 1.61. The summed E-state index contributed by atoms with van der Waals surface area (Å²) in [6.07, 6.45) is 1.83. The third-order valence-corrected chi connectivity index (χ3v) is 4.43. The van der Waals surface area contributed by atoms with Crippen LogP contribution in [0.15, 0.2) is 17.0 Å². The Kier molecular flexibility index (Phi) is 5.87. The second-order valence-corrected chi connectivity index (χ2v) is 6.58. The van der Waals surface area contributed by atoms with Crippen molar-refractivity contribution in [2.75, 3.05) is 18.6 Å². The first-order valence-corrected chi connectivity index (χ1v) is 8.25. The molecule has 0 aliphatic carbocycles. The van der Waals surface area contributed by atoms with E-state index in [9.17, 15) is 12.8 Å². The van der Waals surface area contributed by atoms with Gasteiger partial charge in [-0.3, -0.25) is 0 Å². The molecule has 0 bridgehead atoms. The van der Waals surface area contributed by atoms with Crippen LogP contribution in [0.25, 0.3) is 0 Å². The molecule has 1 rings (SSSR count). The van der Waals surface area contributed by atoms with Gasteiger partial charge in [0.2, 0.25) is 10.0 Å². The summed E-state index contributed by atoms with van der Waals surface area (Å²) in [7, 11) is -3.95. The van der Waals surface area contributed by atoms with Crippen molar-refractivity contribution in [2.45, 2.75) is 11.5 Å². The van der Waals surface area contributed by atoms with Gasteiger partial charge >= 0.3 is 0 Å². The number of halogens is 2. The second kappa shape index (κ2) is 6.72. The Morgan fingerprint density at radius 3 is 2.72 bits per heavy atom. The van der Waals surface area contributed by atoms with E-state index in [1.165, 1.54) is 17.8 Å². The number of sulfonamides is 1. The molecule has 102 valence electrons. The molecule has 1 aromatic carbocycles. The van der Waals surface area contributed by atoms with Gasteiger partial charge in [0.15, 0.2) is 0 Å². The molecule has 0 fully saturated rings. The van der Waals surface area contributed by atoms with E-state index in [0.29, 0.717) is 5.75 Å². The Labute approximate surface area is 115 Å². The lowest BCUT2D eigenvalue weighted by molar-refractivity contribution is 0.274. The second-order valence-electron chi connectivity index (χ2n) is 3.43. The monoisotopic (exact) mass is 313 g/mol. The molecule has 0 saturated heterocycles. The molecule has 1 aromatic rings. The van der Waals surface area contributed by atoms with Gasteiger partial charge in [-0.25, -0.2) is 17.5 Å². The molecule has 0 spiro atoms. The summed E-state index contributed by atoms with van der Waals surface area (Å²) in [5.74, 6) is -0.396. The Morgan fingerprint density at radius 2 is 2.17 bits per heavy atom. The van der Waals surface area contributed by atoms with Crippen molar-refractivity contribution >= 4 is 33.4 Å². The Balaban J connectivity index is 3.12. The normalized spacial score (nSPS) is 11.8. The van der Waals surface area contributed by atoms with Gasteiger partial charge in [-0.1, -0.05) is 11.6 Å². The van der Waals surface area contributed by atoms with Crippen molar-refractivity contribution < 1.29 is 17.9 Å². The first kappa shape index (κ1) is 15.7. The van der Waals surface area contributed by atoms with Crippen molar-refractivity contribution in [3.8, 4) is 0 Å². The lowest BCUT2D eigenvalue weighted by Crippen LogP contribution is -2.27. The minimum Gasteiger partial charge on any atom is -0.392 e. The minimum atomic E-state index is -3.95. The van der Waals surface area contributed by atoms with E-state index in [-0.39, 0.29) is 17.1 Å². The van der Waals surface area contributed by atoms with Crippen molar-refractivity contribution in [2.24, 2.45) is 0 Å². The van der Waals surface area contributed by atoms with Crippen molar-refractivity contribution in [3.63, 3.8) is 0 Å². The molecule has 0 unspecified atom stereocenters. The van der Waals surface area contributed by atoms with Crippen LogP contribution < -0.4 is 4.72 Å². The van der Waals surface area contributed by atoms with Gasteiger partial charge in [0, 0.05) is 22.9 Å². The standard InChI is InChI=1S/C10H13ClFNO3S2/c1-17-3-2-13-18(15,16)9-5-8(11)4-7(6-14)10(9)12/h4-5,13-14H,2-3,6H2,1H3. The zero-order chi connectivity index (χ0) is 13.8.